The third-order valence-corrected chi connectivity index (χ3v) is 6.56. The highest BCUT2D eigenvalue weighted by molar-refractivity contribution is 8.18. The number of likely N-dealkylation sites (N-methyl/N-ethyl adjacent to an activating group) is 1. The molecule has 0 atom stereocenters. The molecule has 0 saturated carbocycles. The van der Waals surface area contributed by atoms with Gasteiger partial charge >= 0.3 is 11.9 Å². The average Bonchev–Trinajstić information content (AvgIpc) is 3.16. The second-order valence-electron chi connectivity index (χ2n) is 8.15. The van der Waals surface area contributed by atoms with Crippen LogP contribution in [0.4, 0.5) is 5.69 Å². The summed E-state index contributed by atoms with van der Waals surface area (Å²) in [6.45, 7) is 2.50. The fraction of sp³-hybridized carbons (Fsp3) is 0.143. The number of carboxylic acid groups (broad SMARTS) is 2. The Labute approximate surface area is 223 Å². The van der Waals surface area contributed by atoms with Gasteiger partial charge in [-0.3, -0.25) is 9.69 Å². The minimum atomic E-state index is -1.02. The Hall–Kier alpha value is -4.57. The van der Waals surface area contributed by atoms with Crippen molar-refractivity contribution in [3.05, 3.63) is 93.9 Å². The van der Waals surface area contributed by atoms with Crippen LogP contribution in [0, 0.1) is 0 Å². The lowest BCUT2D eigenvalue weighted by molar-refractivity contribution is -0.121. The molecule has 0 aliphatic carbocycles. The minimum Gasteiger partial charge on any atom is -0.490 e. The van der Waals surface area contributed by atoms with Crippen molar-refractivity contribution in [1.82, 2.24) is 4.90 Å². The molecular formula is C28H24N2O7S. The van der Waals surface area contributed by atoms with Crippen LogP contribution < -0.4 is 9.47 Å². The number of hydrogen-bond acceptors (Lipinski definition) is 7. The molecule has 1 amide bonds. The van der Waals surface area contributed by atoms with E-state index in [0.717, 1.165) is 11.1 Å². The molecule has 9 nitrogen and oxygen atoms in total. The number of nitrogens with zero attached hydrogens (tertiary/aromatic N) is 2. The fourth-order valence-electron chi connectivity index (χ4n) is 3.50. The van der Waals surface area contributed by atoms with Gasteiger partial charge in [0.25, 0.3) is 5.91 Å². The lowest BCUT2D eigenvalue weighted by Crippen LogP contribution is -2.23. The molecule has 1 fully saturated rings. The maximum atomic E-state index is 12.8. The van der Waals surface area contributed by atoms with Crippen LogP contribution in [-0.4, -0.2) is 51.8 Å². The van der Waals surface area contributed by atoms with Gasteiger partial charge in [-0.25, -0.2) is 14.6 Å². The van der Waals surface area contributed by atoms with Gasteiger partial charge in [-0.2, -0.15) is 0 Å². The zero-order valence-corrected chi connectivity index (χ0v) is 21.4. The van der Waals surface area contributed by atoms with E-state index in [2.05, 4.69) is 4.99 Å². The van der Waals surface area contributed by atoms with Gasteiger partial charge in [0.2, 0.25) is 0 Å². The summed E-state index contributed by atoms with van der Waals surface area (Å²) < 4.78 is 11.7. The van der Waals surface area contributed by atoms with Crippen molar-refractivity contribution in [3.63, 3.8) is 0 Å². The number of aromatic carboxylic acids is 2. The standard InChI is InChI=1S/C28H24N2O7S/c1-3-36-23-14-18(6-13-22(23)37-16-17-4-7-19(8-5-17)26(32)33)15-24-25(31)30(2)28(38-24)29-21-11-9-20(10-12-21)27(34)35/h4-15H,3,16H2,1-2H3,(H,32,33)(H,34,35). The molecule has 194 valence electrons. The Morgan fingerprint density at radius 3 is 2.16 bits per heavy atom. The molecule has 3 aromatic carbocycles. The number of benzene rings is 3. The summed E-state index contributed by atoms with van der Waals surface area (Å²) in [5, 5.41) is 18.6. The van der Waals surface area contributed by atoms with E-state index >= 15 is 0 Å². The third kappa shape index (κ3) is 6.22. The molecule has 1 heterocycles. The Morgan fingerprint density at radius 1 is 0.921 bits per heavy atom. The van der Waals surface area contributed by atoms with Gasteiger partial charge in [0.05, 0.1) is 28.3 Å². The van der Waals surface area contributed by atoms with Gasteiger partial charge in [-0.1, -0.05) is 18.2 Å². The highest BCUT2D eigenvalue weighted by Crippen LogP contribution is 2.35. The first-order chi connectivity index (χ1) is 18.2. The van der Waals surface area contributed by atoms with E-state index < -0.39 is 11.9 Å². The van der Waals surface area contributed by atoms with Gasteiger partial charge in [0.15, 0.2) is 16.7 Å². The molecular weight excluding hydrogens is 508 g/mol. The highest BCUT2D eigenvalue weighted by Gasteiger charge is 2.30. The number of hydrogen-bond donors (Lipinski definition) is 2. The molecule has 3 aromatic rings. The van der Waals surface area contributed by atoms with Gasteiger partial charge in [0, 0.05) is 7.05 Å². The van der Waals surface area contributed by atoms with Crippen LogP contribution in [0.25, 0.3) is 6.08 Å². The Balaban J connectivity index is 1.50. The van der Waals surface area contributed by atoms with Crippen LogP contribution >= 0.6 is 11.8 Å². The summed E-state index contributed by atoms with van der Waals surface area (Å²) in [6, 6.07) is 17.9. The maximum Gasteiger partial charge on any atom is 0.335 e. The van der Waals surface area contributed by atoms with Gasteiger partial charge in [-0.05, 0) is 84.4 Å². The molecule has 4 rings (SSSR count). The molecule has 0 bridgehead atoms. The molecule has 0 aromatic heterocycles. The number of amidine groups is 1. The number of aliphatic imine (C=N–C) groups is 1. The first kappa shape index (κ1) is 26.5. The van der Waals surface area contributed by atoms with Crippen LogP contribution in [-0.2, 0) is 11.4 Å². The Morgan fingerprint density at radius 2 is 1.55 bits per heavy atom. The van der Waals surface area contributed by atoms with Crippen LogP contribution in [0.5, 0.6) is 11.5 Å². The fourth-order valence-corrected chi connectivity index (χ4v) is 4.49. The molecule has 1 saturated heterocycles. The lowest BCUT2D eigenvalue weighted by atomic mass is 10.1. The van der Waals surface area contributed by atoms with E-state index in [4.69, 9.17) is 19.7 Å². The van der Waals surface area contributed by atoms with Crippen molar-refractivity contribution in [1.29, 1.82) is 0 Å². The van der Waals surface area contributed by atoms with Crippen molar-refractivity contribution in [2.24, 2.45) is 4.99 Å². The van der Waals surface area contributed by atoms with E-state index in [-0.39, 0.29) is 23.6 Å². The van der Waals surface area contributed by atoms with Gasteiger partial charge in [0.1, 0.15) is 6.61 Å². The number of carbonyl (C=O) groups is 3. The summed E-state index contributed by atoms with van der Waals surface area (Å²) in [5.74, 6) is -1.18. The molecule has 0 spiro atoms. The van der Waals surface area contributed by atoms with Crippen LogP contribution in [0.15, 0.2) is 76.6 Å². The van der Waals surface area contributed by atoms with E-state index in [1.807, 2.05) is 13.0 Å². The number of amides is 1. The van der Waals surface area contributed by atoms with E-state index in [1.165, 1.54) is 40.9 Å². The van der Waals surface area contributed by atoms with E-state index in [9.17, 15) is 14.4 Å². The second kappa shape index (κ2) is 11.7. The Bertz CT molecular complexity index is 1430. The predicted octanol–water partition coefficient (Wildman–Crippen LogP) is 5.29. The molecule has 38 heavy (non-hydrogen) atoms. The first-order valence-corrected chi connectivity index (χ1v) is 12.4. The number of thioether (sulfide) groups is 1. The van der Waals surface area contributed by atoms with E-state index in [0.29, 0.717) is 33.9 Å². The number of rotatable bonds is 9. The molecule has 1 aliphatic heterocycles. The van der Waals surface area contributed by atoms with Crippen molar-refractivity contribution in [3.8, 4) is 11.5 Å². The number of carbonyl (C=O) groups excluding carboxylic acids is 1. The summed E-state index contributed by atoms with van der Waals surface area (Å²) in [6.07, 6.45) is 1.75. The van der Waals surface area contributed by atoms with Crippen LogP contribution in [0.3, 0.4) is 0 Å². The van der Waals surface area contributed by atoms with Crippen molar-refractivity contribution >= 4 is 46.5 Å². The summed E-state index contributed by atoms with van der Waals surface area (Å²) in [7, 11) is 1.63. The molecule has 10 heteroatoms. The summed E-state index contributed by atoms with van der Waals surface area (Å²) >= 11 is 1.22. The predicted molar refractivity (Wildman–Crippen MR) is 144 cm³/mol. The normalized spacial score (nSPS) is 15.2. The number of carboxylic acids is 2. The molecule has 0 unspecified atom stereocenters. The summed E-state index contributed by atoms with van der Waals surface area (Å²) in [4.78, 5) is 41.3. The third-order valence-electron chi connectivity index (χ3n) is 5.50. The zero-order valence-electron chi connectivity index (χ0n) is 20.6. The summed E-state index contributed by atoms with van der Waals surface area (Å²) in [5.41, 5.74) is 2.45. The highest BCUT2D eigenvalue weighted by atomic mass is 32.2. The van der Waals surface area contributed by atoms with Crippen molar-refractivity contribution in [2.75, 3.05) is 13.7 Å². The SMILES string of the molecule is CCOc1cc(C=C2SC(=Nc3ccc(C(=O)O)cc3)N(C)C2=O)ccc1OCc1ccc(C(=O)O)cc1. The van der Waals surface area contributed by atoms with Crippen molar-refractivity contribution < 1.29 is 34.1 Å². The van der Waals surface area contributed by atoms with Crippen molar-refractivity contribution in [2.45, 2.75) is 13.5 Å². The second-order valence-corrected chi connectivity index (χ2v) is 9.16. The monoisotopic (exact) mass is 532 g/mol. The largest absolute Gasteiger partial charge is 0.490 e. The van der Waals surface area contributed by atoms with E-state index in [1.54, 1.807) is 49.5 Å². The quantitative estimate of drug-likeness (QED) is 0.356. The zero-order chi connectivity index (χ0) is 27.2. The first-order valence-electron chi connectivity index (χ1n) is 11.6. The molecule has 1 aliphatic rings. The smallest absolute Gasteiger partial charge is 0.335 e. The van der Waals surface area contributed by atoms with Crippen LogP contribution in [0.1, 0.15) is 38.8 Å². The Kier molecular flexibility index (Phi) is 8.12. The van der Waals surface area contributed by atoms with Crippen LogP contribution in [0.2, 0.25) is 0 Å². The number of ether oxygens (including phenoxy) is 2. The molecule has 0 radical (unpaired) electrons. The lowest BCUT2D eigenvalue weighted by Gasteiger charge is -2.13. The van der Waals surface area contributed by atoms with Gasteiger partial charge < -0.3 is 19.7 Å². The van der Waals surface area contributed by atoms with Gasteiger partial charge in [-0.15, -0.1) is 0 Å². The minimum absolute atomic E-state index is 0.159. The maximum absolute atomic E-state index is 12.8. The average molecular weight is 533 g/mol. The topological polar surface area (TPSA) is 126 Å². The molecule has 2 N–H and O–H groups in total.